The van der Waals surface area contributed by atoms with E-state index in [0.29, 0.717) is 29.4 Å². The van der Waals surface area contributed by atoms with E-state index in [-0.39, 0.29) is 0 Å². The molecule has 0 amide bonds. The Morgan fingerprint density at radius 1 is 1.22 bits per heavy atom. The monoisotopic (exact) mass is 462 g/mol. The Morgan fingerprint density at radius 2 is 1.94 bits per heavy atom. The number of hydrogen-bond donors (Lipinski definition) is 3. The summed E-state index contributed by atoms with van der Waals surface area (Å²) in [5, 5.41) is 31.5. The lowest BCUT2D eigenvalue weighted by Crippen LogP contribution is -2.37. The van der Waals surface area contributed by atoms with E-state index in [9.17, 15) is 15.3 Å². The van der Waals surface area contributed by atoms with Crippen LogP contribution in [0, 0.1) is 17.3 Å². The van der Waals surface area contributed by atoms with Crippen LogP contribution in [0.2, 0.25) is 0 Å². The molecule has 0 saturated heterocycles. The summed E-state index contributed by atoms with van der Waals surface area (Å²) in [4.78, 5) is 0. The summed E-state index contributed by atoms with van der Waals surface area (Å²) in [5.41, 5.74) is 3.20. The van der Waals surface area contributed by atoms with E-state index in [1.54, 1.807) is 5.57 Å². The number of rotatable bonds is 8. The largest absolute Gasteiger partial charge is 0.393 e. The van der Waals surface area contributed by atoms with E-state index in [0.717, 1.165) is 48.5 Å². The van der Waals surface area contributed by atoms with E-state index < -0.39 is 17.8 Å². The molecule has 0 bridgehead atoms. The summed E-state index contributed by atoms with van der Waals surface area (Å²) in [6, 6.07) is 0. The van der Waals surface area contributed by atoms with Gasteiger partial charge in [-0.15, -0.1) is 0 Å². The molecule has 0 aromatic rings. The van der Waals surface area contributed by atoms with Crippen LogP contribution >= 0.6 is 11.8 Å². The Hall–Kier alpha value is -0.550. The van der Waals surface area contributed by atoms with Crippen molar-refractivity contribution in [3.63, 3.8) is 0 Å². The number of fused-ring (bicyclic) bond motifs is 1. The minimum Gasteiger partial charge on any atom is -0.393 e. The van der Waals surface area contributed by atoms with Crippen LogP contribution in [0.1, 0.15) is 91.9 Å². The van der Waals surface area contributed by atoms with Gasteiger partial charge in [0.1, 0.15) is 0 Å². The number of thioether (sulfide) groups is 1. The number of aliphatic hydroxyl groups is 3. The summed E-state index contributed by atoms with van der Waals surface area (Å²) < 4.78 is 0. The molecule has 0 aromatic heterocycles. The predicted molar refractivity (Wildman–Crippen MR) is 137 cm³/mol. The molecule has 3 rings (SSSR count). The van der Waals surface area contributed by atoms with Gasteiger partial charge in [0, 0.05) is 11.7 Å². The van der Waals surface area contributed by atoms with Crippen LogP contribution in [0.3, 0.4) is 0 Å². The van der Waals surface area contributed by atoms with E-state index in [1.807, 2.05) is 0 Å². The molecule has 0 heterocycles. The predicted octanol–water partition coefficient (Wildman–Crippen LogP) is 6.19. The van der Waals surface area contributed by atoms with Crippen LogP contribution in [0.5, 0.6) is 0 Å². The highest BCUT2D eigenvalue weighted by Crippen LogP contribution is 2.59. The van der Waals surface area contributed by atoms with Crippen LogP contribution in [0.15, 0.2) is 35.5 Å². The van der Waals surface area contributed by atoms with Crippen molar-refractivity contribution >= 4 is 11.8 Å². The van der Waals surface area contributed by atoms with Crippen LogP contribution in [-0.4, -0.2) is 44.1 Å². The van der Waals surface area contributed by atoms with Gasteiger partial charge < -0.3 is 15.3 Å². The fraction of sp³-hybridized carbons (Fsp3) is 0.786. The van der Waals surface area contributed by atoms with Crippen molar-refractivity contribution in [1.82, 2.24) is 0 Å². The van der Waals surface area contributed by atoms with E-state index >= 15 is 0 Å². The first-order chi connectivity index (χ1) is 15.1. The van der Waals surface area contributed by atoms with Crippen LogP contribution in [-0.2, 0) is 0 Å². The second-order valence-corrected chi connectivity index (χ2v) is 12.4. The lowest BCUT2D eigenvalue weighted by atomic mass is 9.63. The summed E-state index contributed by atoms with van der Waals surface area (Å²) in [7, 11) is 0. The normalized spacial score (nSPS) is 37.2. The topological polar surface area (TPSA) is 60.7 Å². The van der Waals surface area contributed by atoms with Crippen molar-refractivity contribution in [1.29, 1.82) is 0 Å². The second kappa shape index (κ2) is 10.8. The molecule has 3 fully saturated rings. The van der Waals surface area contributed by atoms with Crippen molar-refractivity contribution < 1.29 is 15.3 Å². The van der Waals surface area contributed by atoms with Crippen molar-refractivity contribution in [3.8, 4) is 0 Å². The average molecular weight is 463 g/mol. The van der Waals surface area contributed by atoms with E-state index in [2.05, 4.69) is 58.2 Å². The molecule has 3 aliphatic rings. The zero-order valence-electron chi connectivity index (χ0n) is 20.8. The van der Waals surface area contributed by atoms with Gasteiger partial charge in [0.15, 0.2) is 0 Å². The van der Waals surface area contributed by atoms with Gasteiger partial charge in [-0.1, -0.05) is 52.0 Å². The Balaban J connectivity index is 1.67. The highest BCUT2D eigenvalue weighted by atomic mass is 32.2. The Bertz CT molecular complexity index is 722. The molecule has 0 aliphatic heterocycles. The number of aliphatic hydroxyl groups excluding tert-OH is 2. The quantitative estimate of drug-likeness (QED) is 0.402. The molecule has 32 heavy (non-hydrogen) atoms. The van der Waals surface area contributed by atoms with Gasteiger partial charge in [-0.25, -0.2) is 0 Å². The second-order valence-electron chi connectivity index (χ2n) is 10.9. The summed E-state index contributed by atoms with van der Waals surface area (Å²) in [6.45, 7) is 13.2. The first kappa shape index (κ1) is 26.1. The highest BCUT2D eigenvalue weighted by Gasteiger charge is 2.50. The van der Waals surface area contributed by atoms with Gasteiger partial charge in [-0.05, 0) is 91.9 Å². The third kappa shape index (κ3) is 5.56. The van der Waals surface area contributed by atoms with Gasteiger partial charge in [0.2, 0.25) is 0 Å². The van der Waals surface area contributed by atoms with Gasteiger partial charge in [0.25, 0.3) is 0 Å². The molecule has 3 saturated carbocycles. The molecule has 0 spiro atoms. The van der Waals surface area contributed by atoms with Crippen LogP contribution in [0.25, 0.3) is 0 Å². The van der Waals surface area contributed by atoms with Crippen LogP contribution in [0.4, 0.5) is 0 Å². The van der Waals surface area contributed by atoms with Gasteiger partial charge >= 0.3 is 0 Å². The molecule has 182 valence electrons. The summed E-state index contributed by atoms with van der Waals surface area (Å²) >= 11 is 2.07. The lowest BCUT2D eigenvalue weighted by Gasteiger charge is -2.44. The van der Waals surface area contributed by atoms with E-state index in [1.165, 1.54) is 25.7 Å². The molecule has 3 aliphatic carbocycles. The smallest absolute Gasteiger partial charge is 0.0811 e. The fourth-order valence-corrected chi connectivity index (χ4v) is 8.22. The standard InChI is InChI=1S/C28H46O3S/c1-6-28(31,7-2)15-16-32-20(4)24-12-13-25-21(9-8-14-27(24,25)5)10-11-22-17-23(29)18-26(30)19(22)3/h10-11,20,23-26,29-31H,3,6-9,12-18H2,1-2,4-5H3/b21-10+,22-11+/t20-,23+,24+,25-,26-,27+/m0/s1. The molecule has 6 atom stereocenters. The Kier molecular flexibility index (Phi) is 8.80. The summed E-state index contributed by atoms with van der Waals surface area (Å²) in [6.07, 6.45) is 13.2. The van der Waals surface area contributed by atoms with E-state index in [4.69, 9.17) is 0 Å². The first-order valence-electron chi connectivity index (χ1n) is 12.9. The molecule has 0 aromatic carbocycles. The maximum Gasteiger partial charge on any atom is 0.0811 e. The minimum atomic E-state index is -0.619. The Labute approximate surface area is 200 Å². The molecule has 0 unspecified atom stereocenters. The van der Waals surface area contributed by atoms with Crippen molar-refractivity contribution in [2.24, 2.45) is 17.3 Å². The molecule has 3 N–H and O–H groups in total. The maximum atomic E-state index is 10.6. The molecule has 4 heteroatoms. The van der Waals surface area contributed by atoms with Crippen molar-refractivity contribution in [3.05, 3.63) is 35.5 Å². The Morgan fingerprint density at radius 3 is 2.62 bits per heavy atom. The zero-order valence-corrected chi connectivity index (χ0v) is 21.6. The molecule has 0 radical (unpaired) electrons. The fourth-order valence-electron chi connectivity index (χ4n) is 6.67. The molecular formula is C28H46O3S. The first-order valence-corrected chi connectivity index (χ1v) is 14.0. The average Bonchev–Trinajstić information content (AvgIpc) is 3.12. The molecule has 3 nitrogen and oxygen atoms in total. The minimum absolute atomic E-state index is 0.351. The number of allylic oxidation sites excluding steroid dienone is 3. The highest BCUT2D eigenvalue weighted by molar-refractivity contribution is 7.99. The summed E-state index contributed by atoms with van der Waals surface area (Å²) in [5.74, 6) is 2.40. The van der Waals surface area contributed by atoms with Crippen LogP contribution < -0.4 is 0 Å². The zero-order chi connectivity index (χ0) is 23.5. The van der Waals surface area contributed by atoms with Crippen molar-refractivity contribution in [2.45, 2.75) is 115 Å². The SMILES string of the molecule is C=C1/C(=C/C=C2\CCC[C@]3(C)[C@@H]([C@H](C)SCCC(O)(CC)CC)CC[C@@H]23)C[C@@H](O)C[C@@H]1O. The van der Waals surface area contributed by atoms with Gasteiger partial charge in [0.05, 0.1) is 17.8 Å². The maximum absolute atomic E-state index is 10.6. The lowest BCUT2D eigenvalue weighted by molar-refractivity contribution is 0.0296. The van der Waals surface area contributed by atoms with Gasteiger partial charge in [-0.2, -0.15) is 11.8 Å². The third-order valence-corrected chi connectivity index (χ3v) is 10.4. The number of hydrogen-bond acceptors (Lipinski definition) is 4. The van der Waals surface area contributed by atoms with Crippen molar-refractivity contribution in [2.75, 3.05) is 5.75 Å². The third-order valence-electron chi connectivity index (χ3n) is 9.13. The molecular weight excluding hydrogens is 416 g/mol. The van der Waals surface area contributed by atoms with Gasteiger partial charge in [-0.3, -0.25) is 0 Å².